The summed E-state index contributed by atoms with van der Waals surface area (Å²) >= 11 is 23.4. The van der Waals surface area contributed by atoms with Crippen molar-refractivity contribution in [1.29, 1.82) is 0 Å². The van der Waals surface area contributed by atoms with E-state index in [0.29, 0.717) is 28.5 Å². The number of amides is 1. The summed E-state index contributed by atoms with van der Waals surface area (Å²) in [6.07, 6.45) is -1.05. The van der Waals surface area contributed by atoms with Crippen molar-refractivity contribution in [2.75, 3.05) is 26.6 Å². The van der Waals surface area contributed by atoms with Gasteiger partial charge in [0.25, 0.3) is 0 Å². The number of hydrogen-bond acceptors (Lipinski definition) is 5. The molecule has 0 aliphatic rings. The molecule has 1 atom stereocenters. The van der Waals surface area contributed by atoms with Gasteiger partial charge >= 0.3 is 0 Å². The zero-order valence-electron chi connectivity index (χ0n) is 17.0. The summed E-state index contributed by atoms with van der Waals surface area (Å²) < 4.78 is 13.7. The molecular weight excluding hydrogens is 485 g/mol. The minimum atomic E-state index is -1.86. The van der Waals surface area contributed by atoms with Crippen LogP contribution in [0.25, 0.3) is 0 Å². The first-order valence-corrected chi connectivity index (χ1v) is 10.5. The Labute approximate surface area is 201 Å². The fraction of sp³-hybridized carbons (Fsp3) is 0.300. The lowest BCUT2D eigenvalue weighted by Crippen LogP contribution is -2.56. The number of anilines is 1. The van der Waals surface area contributed by atoms with E-state index in [9.17, 15) is 4.79 Å². The van der Waals surface area contributed by atoms with Gasteiger partial charge in [-0.1, -0.05) is 40.9 Å². The van der Waals surface area contributed by atoms with Crippen molar-refractivity contribution in [1.82, 2.24) is 10.6 Å². The van der Waals surface area contributed by atoms with E-state index in [2.05, 4.69) is 16.0 Å². The molecular formula is C20H22Cl3N3O4S. The number of halogens is 3. The van der Waals surface area contributed by atoms with Gasteiger partial charge in [-0.25, -0.2) is 0 Å². The molecule has 0 unspecified atom stereocenters. The monoisotopic (exact) mass is 505 g/mol. The number of nitrogens with one attached hydrogen (secondary N) is 3. The average molecular weight is 507 g/mol. The number of carbonyl (C=O) groups excluding carboxylic acids is 1. The van der Waals surface area contributed by atoms with Crippen LogP contribution in [-0.2, 0) is 11.2 Å². The first-order chi connectivity index (χ1) is 14.7. The molecule has 7 nitrogen and oxygen atoms in total. The maximum Gasteiger partial charge on any atom is 0.228 e. The van der Waals surface area contributed by atoms with Crippen LogP contribution in [0.1, 0.15) is 5.56 Å². The van der Waals surface area contributed by atoms with E-state index in [1.165, 1.54) is 14.2 Å². The summed E-state index contributed by atoms with van der Waals surface area (Å²) in [4.78, 5) is 12.6. The number of thiocarbonyl (C=S) groups is 1. The van der Waals surface area contributed by atoms with Crippen LogP contribution in [0.5, 0.6) is 17.2 Å². The minimum absolute atomic E-state index is 0.0257. The van der Waals surface area contributed by atoms with Crippen LogP contribution in [0.2, 0.25) is 0 Å². The number of benzene rings is 2. The normalized spacial score (nSPS) is 11.8. The molecule has 0 radical (unpaired) electrons. The number of carbonyl (C=O) groups is 1. The van der Waals surface area contributed by atoms with E-state index in [4.69, 9.17) is 61.2 Å². The van der Waals surface area contributed by atoms with Crippen molar-refractivity contribution in [2.45, 2.75) is 16.4 Å². The second-order valence-electron chi connectivity index (χ2n) is 6.24. The SMILES string of the molecule is COc1ccc(NC(=S)N[C@@H](NC(=O)Cc2ccc(OC)c(OC)c2)C(Cl)(Cl)Cl)cc1. The molecule has 2 aromatic carbocycles. The van der Waals surface area contributed by atoms with E-state index in [0.717, 1.165) is 0 Å². The Hall–Kier alpha value is -2.13. The molecule has 31 heavy (non-hydrogen) atoms. The topological polar surface area (TPSA) is 80.9 Å². The molecule has 3 N–H and O–H groups in total. The number of rotatable bonds is 8. The molecule has 0 aromatic heterocycles. The Morgan fingerprint density at radius 3 is 2.16 bits per heavy atom. The van der Waals surface area contributed by atoms with Gasteiger partial charge in [0.1, 0.15) is 11.9 Å². The second-order valence-corrected chi connectivity index (χ2v) is 9.01. The lowest BCUT2D eigenvalue weighted by molar-refractivity contribution is -0.121. The van der Waals surface area contributed by atoms with E-state index >= 15 is 0 Å². The highest BCUT2D eigenvalue weighted by Gasteiger charge is 2.34. The van der Waals surface area contributed by atoms with Crippen molar-refractivity contribution < 1.29 is 19.0 Å². The molecule has 11 heteroatoms. The zero-order chi connectivity index (χ0) is 23.0. The third-order valence-corrected chi connectivity index (χ3v) is 4.94. The molecule has 0 bridgehead atoms. The van der Waals surface area contributed by atoms with Gasteiger partial charge in [-0.2, -0.15) is 0 Å². The highest BCUT2D eigenvalue weighted by molar-refractivity contribution is 7.80. The molecule has 0 aliphatic heterocycles. The summed E-state index contributed by atoms with van der Waals surface area (Å²) in [5, 5.41) is 8.56. The van der Waals surface area contributed by atoms with Crippen LogP contribution in [0, 0.1) is 0 Å². The Balaban J connectivity index is 2.01. The molecule has 1 amide bonds. The molecule has 0 aliphatic carbocycles. The number of alkyl halides is 3. The van der Waals surface area contributed by atoms with Gasteiger partial charge in [-0.15, -0.1) is 0 Å². The Bertz CT molecular complexity index is 908. The molecule has 0 saturated carbocycles. The number of ether oxygens (including phenoxy) is 3. The van der Waals surface area contributed by atoms with Gasteiger partial charge in [-0.3, -0.25) is 4.79 Å². The smallest absolute Gasteiger partial charge is 0.228 e. The van der Waals surface area contributed by atoms with Crippen LogP contribution in [0.3, 0.4) is 0 Å². The average Bonchev–Trinajstić information content (AvgIpc) is 2.73. The van der Waals surface area contributed by atoms with E-state index in [1.807, 2.05) is 0 Å². The predicted octanol–water partition coefficient (Wildman–Crippen LogP) is 4.05. The van der Waals surface area contributed by atoms with Crippen LogP contribution in [0.4, 0.5) is 5.69 Å². The highest BCUT2D eigenvalue weighted by atomic mass is 35.6. The van der Waals surface area contributed by atoms with Gasteiger partial charge in [-0.05, 0) is 54.2 Å². The van der Waals surface area contributed by atoms with Crippen molar-refractivity contribution in [3.8, 4) is 17.2 Å². The van der Waals surface area contributed by atoms with Crippen molar-refractivity contribution in [3.63, 3.8) is 0 Å². The summed E-state index contributed by atoms with van der Waals surface area (Å²) in [5.41, 5.74) is 1.38. The number of methoxy groups -OCH3 is 3. The van der Waals surface area contributed by atoms with E-state index in [-0.39, 0.29) is 17.4 Å². The van der Waals surface area contributed by atoms with Gasteiger partial charge in [0.15, 0.2) is 16.6 Å². The molecule has 2 rings (SSSR count). The standard InChI is InChI=1S/C20H22Cl3N3O4S/c1-28-14-7-5-13(6-8-14)24-19(31)26-18(20(21,22)23)25-17(27)11-12-4-9-15(29-2)16(10-12)30-3/h4-10,18H,11H2,1-3H3,(H,25,27)(H2,24,26,31)/t18-/m1/s1. The largest absolute Gasteiger partial charge is 0.497 e. The fourth-order valence-electron chi connectivity index (χ4n) is 2.56. The van der Waals surface area contributed by atoms with Gasteiger partial charge < -0.3 is 30.2 Å². The van der Waals surface area contributed by atoms with Gasteiger partial charge in [0.05, 0.1) is 27.8 Å². The molecule has 0 fully saturated rings. The highest BCUT2D eigenvalue weighted by Crippen LogP contribution is 2.30. The number of hydrogen-bond donors (Lipinski definition) is 3. The first-order valence-electron chi connectivity index (χ1n) is 8.94. The molecule has 2 aromatic rings. The minimum Gasteiger partial charge on any atom is -0.497 e. The van der Waals surface area contributed by atoms with Gasteiger partial charge in [0.2, 0.25) is 9.70 Å². The quantitative estimate of drug-likeness (QED) is 0.283. The Morgan fingerprint density at radius 2 is 1.61 bits per heavy atom. The summed E-state index contributed by atoms with van der Waals surface area (Å²) in [5.74, 6) is 1.38. The molecule has 0 spiro atoms. The second kappa shape index (κ2) is 11.5. The van der Waals surface area contributed by atoms with Crippen LogP contribution >= 0.6 is 47.0 Å². The first kappa shape index (κ1) is 25.1. The predicted molar refractivity (Wildman–Crippen MR) is 128 cm³/mol. The van der Waals surface area contributed by atoms with Gasteiger partial charge in [0, 0.05) is 5.69 Å². The maximum atomic E-state index is 12.6. The van der Waals surface area contributed by atoms with E-state index < -0.39 is 9.96 Å². The van der Waals surface area contributed by atoms with Crippen molar-refractivity contribution in [3.05, 3.63) is 48.0 Å². The zero-order valence-corrected chi connectivity index (χ0v) is 20.1. The Morgan fingerprint density at radius 1 is 0.968 bits per heavy atom. The summed E-state index contributed by atoms with van der Waals surface area (Å²) in [7, 11) is 4.62. The van der Waals surface area contributed by atoms with Crippen LogP contribution in [-0.4, -0.2) is 42.3 Å². The van der Waals surface area contributed by atoms with E-state index in [1.54, 1.807) is 49.6 Å². The fourth-order valence-corrected chi connectivity index (χ4v) is 3.12. The van der Waals surface area contributed by atoms with Crippen LogP contribution in [0.15, 0.2) is 42.5 Å². The summed E-state index contributed by atoms with van der Waals surface area (Å²) in [6.45, 7) is 0. The third kappa shape index (κ3) is 7.81. The van der Waals surface area contributed by atoms with Crippen LogP contribution < -0.4 is 30.2 Å². The van der Waals surface area contributed by atoms with Crippen molar-refractivity contribution >= 4 is 63.7 Å². The summed E-state index contributed by atoms with van der Waals surface area (Å²) in [6, 6.07) is 12.2. The molecule has 168 valence electrons. The lowest BCUT2D eigenvalue weighted by Gasteiger charge is -2.28. The Kier molecular flexibility index (Phi) is 9.31. The maximum absolute atomic E-state index is 12.6. The third-order valence-electron chi connectivity index (χ3n) is 4.07. The molecule has 0 saturated heterocycles. The van der Waals surface area contributed by atoms with Crippen molar-refractivity contribution in [2.24, 2.45) is 0 Å². The lowest BCUT2D eigenvalue weighted by atomic mass is 10.1. The molecule has 0 heterocycles.